The Morgan fingerprint density at radius 2 is 2.40 bits per heavy atom. The monoisotopic (exact) mass is 208 g/mol. The highest BCUT2D eigenvalue weighted by molar-refractivity contribution is 5.76. The standard InChI is InChI=1S/C11H16N2O2/c1-9(14)8-13-11(15)6-5-10-4-2-3-7-12-10/h2-4,7,9,14H,5-6,8H2,1H3,(H,13,15)/t9-/m0/s1. The number of amides is 1. The molecule has 82 valence electrons. The first kappa shape index (κ1) is 11.7. The lowest BCUT2D eigenvalue weighted by Gasteiger charge is -2.06. The van der Waals surface area contributed by atoms with E-state index in [2.05, 4.69) is 10.3 Å². The summed E-state index contributed by atoms with van der Waals surface area (Å²) in [5, 5.41) is 11.6. The van der Waals surface area contributed by atoms with Crippen molar-refractivity contribution < 1.29 is 9.90 Å². The summed E-state index contributed by atoms with van der Waals surface area (Å²) < 4.78 is 0. The lowest BCUT2D eigenvalue weighted by molar-refractivity contribution is -0.121. The van der Waals surface area contributed by atoms with Crippen molar-refractivity contribution >= 4 is 5.91 Å². The molecule has 15 heavy (non-hydrogen) atoms. The van der Waals surface area contributed by atoms with Gasteiger partial charge >= 0.3 is 0 Å². The van der Waals surface area contributed by atoms with Gasteiger partial charge in [0.2, 0.25) is 5.91 Å². The van der Waals surface area contributed by atoms with Gasteiger partial charge in [-0.3, -0.25) is 9.78 Å². The minimum Gasteiger partial charge on any atom is -0.392 e. The molecule has 0 radical (unpaired) electrons. The fourth-order valence-corrected chi connectivity index (χ4v) is 1.14. The van der Waals surface area contributed by atoms with E-state index in [1.165, 1.54) is 0 Å². The van der Waals surface area contributed by atoms with Crippen molar-refractivity contribution in [1.29, 1.82) is 0 Å². The number of nitrogens with zero attached hydrogens (tertiary/aromatic N) is 1. The van der Waals surface area contributed by atoms with Gasteiger partial charge in [-0.15, -0.1) is 0 Å². The number of rotatable bonds is 5. The van der Waals surface area contributed by atoms with E-state index in [0.717, 1.165) is 5.69 Å². The van der Waals surface area contributed by atoms with Crippen LogP contribution in [-0.4, -0.2) is 28.6 Å². The van der Waals surface area contributed by atoms with Crippen LogP contribution in [0.2, 0.25) is 0 Å². The average molecular weight is 208 g/mol. The van der Waals surface area contributed by atoms with Gasteiger partial charge in [-0.05, 0) is 25.5 Å². The zero-order valence-corrected chi connectivity index (χ0v) is 8.81. The maximum absolute atomic E-state index is 11.3. The van der Waals surface area contributed by atoms with Gasteiger partial charge in [-0.25, -0.2) is 0 Å². The number of hydrogen-bond acceptors (Lipinski definition) is 3. The summed E-state index contributed by atoms with van der Waals surface area (Å²) in [6, 6.07) is 5.63. The Hall–Kier alpha value is -1.42. The average Bonchev–Trinajstić information content (AvgIpc) is 2.25. The molecule has 0 aromatic carbocycles. The molecule has 0 unspecified atom stereocenters. The van der Waals surface area contributed by atoms with Gasteiger partial charge in [-0.1, -0.05) is 6.07 Å². The van der Waals surface area contributed by atoms with Crippen molar-refractivity contribution in [3.05, 3.63) is 30.1 Å². The quantitative estimate of drug-likeness (QED) is 0.741. The number of hydrogen-bond donors (Lipinski definition) is 2. The molecule has 1 aromatic heterocycles. The molecule has 1 aromatic rings. The highest BCUT2D eigenvalue weighted by atomic mass is 16.3. The number of nitrogens with one attached hydrogen (secondary N) is 1. The fourth-order valence-electron chi connectivity index (χ4n) is 1.14. The summed E-state index contributed by atoms with van der Waals surface area (Å²) in [4.78, 5) is 15.4. The second-order valence-corrected chi connectivity index (χ2v) is 3.47. The fraction of sp³-hybridized carbons (Fsp3) is 0.455. The number of aliphatic hydroxyl groups is 1. The van der Waals surface area contributed by atoms with E-state index < -0.39 is 6.10 Å². The number of carbonyl (C=O) groups is 1. The summed E-state index contributed by atoms with van der Waals surface area (Å²) in [5.41, 5.74) is 0.907. The van der Waals surface area contributed by atoms with Crippen LogP contribution in [0.25, 0.3) is 0 Å². The molecular formula is C11H16N2O2. The Bertz CT molecular complexity index is 299. The SMILES string of the molecule is C[C@H](O)CNC(=O)CCc1ccccn1. The topological polar surface area (TPSA) is 62.2 Å². The number of pyridine rings is 1. The molecular weight excluding hydrogens is 192 g/mol. The molecule has 0 saturated carbocycles. The molecule has 0 aliphatic heterocycles. The van der Waals surface area contributed by atoms with Crippen molar-refractivity contribution in [1.82, 2.24) is 10.3 Å². The van der Waals surface area contributed by atoms with E-state index in [1.54, 1.807) is 13.1 Å². The Balaban J connectivity index is 2.23. The molecule has 1 atom stereocenters. The van der Waals surface area contributed by atoms with Gasteiger partial charge < -0.3 is 10.4 Å². The Labute approximate surface area is 89.3 Å². The second-order valence-electron chi connectivity index (χ2n) is 3.47. The minimum absolute atomic E-state index is 0.0541. The van der Waals surface area contributed by atoms with Crippen LogP contribution in [-0.2, 0) is 11.2 Å². The maximum atomic E-state index is 11.3. The molecule has 1 rings (SSSR count). The minimum atomic E-state index is -0.496. The van der Waals surface area contributed by atoms with Crippen LogP contribution in [0.1, 0.15) is 19.0 Å². The van der Waals surface area contributed by atoms with Crippen LogP contribution in [0.3, 0.4) is 0 Å². The molecule has 0 bridgehead atoms. The molecule has 4 nitrogen and oxygen atoms in total. The van der Waals surface area contributed by atoms with Gasteiger partial charge in [0.1, 0.15) is 0 Å². The summed E-state index contributed by atoms with van der Waals surface area (Å²) in [6.45, 7) is 1.94. The largest absolute Gasteiger partial charge is 0.392 e. The summed E-state index contributed by atoms with van der Waals surface area (Å²) in [5.74, 6) is -0.0541. The smallest absolute Gasteiger partial charge is 0.220 e. The number of carbonyl (C=O) groups excluding carboxylic acids is 1. The van der Waals surface area contributed by atoms with E-state index in [1.807, 2.05) is 18.2 Å². The van der Waals surface area contributed by atoms with Crippen molar-refractivity contribution in [3.8, 4) is 0 Å². The first-order valence-corrected chi connectivity index (χ1v) is 5.03. The van der Waals surface area contributed by atoms with Gasteiger partial charge in [0.05, 0.1) is 6.10 Å². The highest BCUT2D eigenvalue weighted by Crippen LogP contribution is 1.97. The third-order valence-corrected chi connectivity index (χ3v) is 1.93. The number of aryl methyl sites for hydroxylation is 1. The molecule has 4 heteroatoms. The zero-order valence-electron chi connectivity index (χ0n) is 8.81. The Kier molecular flexibility index (Phi) is 4.77. The van der Waals surface area contributed by atoms with Crippen molar-refractivity contribution in [3.63, 3.8) is 0 Å². The lowest BCUT2D eigenvalue weighted by atomic mass is 10.2. The van der Waals surface area contributed by atoms with Gasteiger partial charge in [0.25, 0.3) is 0 Å². The van der Waals surface area contributed by atoms with Crippen LogP contribution in [0, 0.1) is 0 Å². The first-order valence-electron chi connectivity index (χ1n) is 5.03. The van der Waals surface area contributed by atoms with Crippen molar-refractivity contribution in [2.24, 2.45) is 0 Å². The molecule has 1 heterocycles. The molecule has 0 aliphatic rings. The highest BCUT2D eigenvalue weighted by Gasteiger charge is 2.03. The molecule has 2 N–H and O–H groups in total. The number of aromatic nitrogens is 1. The maximum Gasteiger partial charge on any atom is 0.220 e. The van der Waals surface area contributed by atoms with Gasteiger partial charge in [0.15, 0.2) is 0 Å². The van der Waals surface area contributed by atoms with Crippen LogP contribution in [0.15, 0.2) is 24.4 Å². The van der Waals surface area contributed by atoms with E-state index >= 15 is 0 Å². The molecule has 0 aliphatic carbocycles. The van der Waals surface area contributed by atoms with Crippen LogP contribution >= 0.6 is 0 Å². The van der Waals surface area contributed by atoms with Crippen LogP contribution in [0.4, 0.5) is 0 Å². The van der Waals surface area contributed by atoms with E-state index in [9.17, 15) is 4.79 Å². The van der Waals surface area contributed by atoms with E-state index in [0.29, 0.717) is 19.4 Å². The van der Waals surface area contributed by atoms with Gasteiger partial charge in [-0.2, -0.15) is 0 Å². The van der Waals surface area contributed by atoms with Gasteiger partial charge in [0, 0.05) is 24.9 Å². The lowest BCUT2D eigenvalue weighted by Crippen LogP contribution is -2.30. The third-order valence-electron chi connectivity index (χ3n) is 1.93. The normalized spacial score (nSPS) is 12.1. The second kappa shape index (κ2) is 6.14. The first-order chi connectivity index (χ1) is 7.18. The number of aliphatic hydroxyl groups excluding tert-OH is 1. The summed E-state index contributed by atoms with van der Waals surface area (Å²) in [6.07, 6.45) is 2.25. The zero-order chi connectivity index (χ0) is 11.1. The van der Waals surface area contributed by atoms with Crippen LogP contribution in [0.5, 0.6) is 0 Å². The predicted octanol–water partition coefficient (Wildman–Crippen LogP) is 0.511. The van der Waals surface area contributed by atoms with Crippen LogP contribution < -0.4 is 5.32 Å². The Morgan fingerprint density at radius 3 is 3.00 bits per heavy atom. The van der Waals surface area contributed by atoms with Crippen molar-refractivity contribution in [2.45, 2.75) is 25.9 Å². The molecule has 0 fully saturated rings. The summed E-state index contributed by atoms with van der Waals surface area (Å²) in [7, 11) is 0. The van der Waals surface area contributed by atoms with Crippen molar-refractivity contribution in [2.75, 3.05) is 6.54 Å². The van der Waals surface area contributed by atoms with E-state index in [4.69, 9.17) is 5.11 Å². The third kappa shape index (κ3) is 5.12. The molecule has 0 spiro atoms. The summed E-state index contributed by atoms with van der Waals surface area (Å²) >= 11 is 0. The molecule has 0 saturated heterocycles. The Morgan fingerprint density at radius 1 is 1.60 bits per heavy atom. The predicted molar refractivity (Wildman–Crippen MR) is 57.2 cm³/mol. The van der Waals surface area contributed by atoms with E-state index in [-0.39, 0.29) is 5.91 Å². The molecule has 1 amide bonds.